The highest BCUT2D eigenvalue weighted by Gasteiger charge is 2.09. The van der Waals surface area contributed by atoms with Gasteiger partial charge in [-0.25, -0.2) is 9.59 Å². The van der Waals surface area contributed by atoms with E-state index in [1.807, 2.05) is 24.3 Å². The molecular weight excluding hydrogens is 276 g/mol. The molecule has 116 valence electrons. The topological polar surface area (TPSA) is 136 Å². The van der Waals surface area contributed by atoms with Crippen molar-refractivity contribution in [2.45, 2.75) is 12.5 Å². The van der Waals surface area contributed by atoms with Crippen LogP contribution in [-0.4, -0.2) is 35.8 Å². The van der Waals surface area contributed by atoms with E-state index in [2.05, 4.69) is 0 Å². The Morgan fingerprint density at radius 1 is 1.24 bits per heavy atom. The SMILES string of the molecule is COc1ccccc1C(N)CCN.O=C(O)C=CC(=O)O. The largest absolute Gasteiger partial charge is 0.496 e. The zero-order chi connectivity index (χ0) is 16.3. The maximum atomic E-state index is 9.55. The van der Waals surface area contributed by atoms with Crippen LogP contribution in [0.3, 0.4) is 0 Å². The molecule has 0 bridgehead atoms. The third kappa shape index (κ3) is 8.40. The Bertz CT molecular complexity index is 472. The number of methoxy groups -OCH3 is 1. The number of nitrogens with two attached hydrogens (primary N) is 2. The molecule has 0 aliphatic rings. The first-order valence-corrected chi connectivity index (χ1v) is 6.14. The summed E-state index contributed by atoms with van der Waals surface area (Å²) in [6.45, 7) is 0.596. The Labute approximate surface area is 122 Å². The summed E-state index contributed by atoms with van der Waals surface area (Å²) >= 11 is 0. The highest BCUT2D eigenvalue weighted by molar-refractivity contribution is 5.89. The van der Waals surface area contributed by atoms with Gasteiger partial charge in [-0.2, -0.15) is 0 Å². The predicted octanol–water partition coefficient (Wildman–Crippen LogP) is 0.756. The van der Waals surface area contributed by atoms with Gasteiger partial charge in [0.05, 0.1) is 7.11 Å². The Hall–Kier alpha value is -2.38. The van der Waals surface area contributed by atoms with Gasteiger partial charge in [-0.15, -0.1) is 0 Å². The average molecular weight is 296 g/mol. The van der Waals surface area contributed by atoms with E-state index in [1.165, 1.54) is 0 Å². The molecule has 0 aliphatic heterocycles. The monoisotopic (exact) mass is 296 g/mol. The zero-order valence-corrected chi connectivity index (χ0v) is 11.7. The fourth-order valence-corrected chi connectivity index (χ4v) is 1.45. The smallest absolute Gasteiger partial charge is 0.328 e. The van der Waals surface area contributed by atoms with Crippen molar-refractivity contribution >= 4 is 11.9 Å². The zero-order valence-electron chi connectivity index (χ0n) is 11.7. The summed E-state index contributed by atoms with van der Waals surface area (Å²) in [5.41, 5.74) is 12.4. The van der Waals surface area contributed by atoms with Crippen LogP contribution in [0.15, 0.2) is 36.4 Å². The van der Waals surface area contributed by atoms with Crippen LogP contribution in [0.4, 0.5) is 0 Å². The minimum Gasteiger partial charge on any atom is -0.496 e. The number of carbonyl (C=O) groups is 2. The predicted molar refractivity (Wildman–Crippen MR) is 78.0 cm³/mol. The first-order chi connectivity index (χ1) is 9.92. The second-order valence-electron chi connectivity index (χ2n) is 3.94. The normalized spacial score (nSPS) is 11.4. The van der Waals surface area contributed by atoms with Gasteiger partial charge in [-0.1, -0.05) is 18.2 Å². The summed E-state index contributed by atoms with van der Waals surface area (Å²) in [7, 11) is 1.65. The van der Waals surface area contributed by atoms with Crippen molar-refractivity contribution in [3.05, 3.63) is 42.0 Å². The van der Waals surface area contributed by atoms with E-state index in [0.717, 1.165) is 17.7 Å². The molecule has 1 aromatic carbocycles. The molecule has 7 heteroatoms. The minimum atomic E-state index is -1.26. The van der Waals surface area contributed by atoms with Crippen molar-refractivity contribution in [1.82, 2.24) is 0 Å². The number of hydrogen-bond donors (Lipinski definition) is 4. The first-order valence-electron chi connectivity index (χ1n) is 6.14. The van der Waals surface area contributed by atoms with Crippen LogP contribution >= 0.6 is 0 Å². The van der Waals surface area contributed by atoms with Crippen LogP contribution < -0.4 is 16.2 Å². The lowest BCUT2D eigenvalue weighted by molar-refractivity contribution is -0.134. The lowest BCUT2D eigenvalue weighted by Crippen LogP contribution is -2.15. The van der Waals surface area contributed by atoms with Crippen molar-refractivity contribution in [2.24, 2.45) is 11.5 Å². The summed E-state index contributed by atoms with van der Waals surface area (Å²) in [5.74, 6) is -1.68. The van der Waals surface area contributed by atoms with Gasteiger partial charge in [0.25, 0.3) is 0 Å². The fourth-order valence-electron chi connectivity index (χ4n) is 1.45. The molecule has 6 N–H and O–H groups in total. The van der Waals surface area contributed by atoms with Crippen LogP contribution in [0.25, 0.3) is 0 Å². The van der Waals surface area contributed by atoms with Crippen LogP contribution in [0, 0.1) is 0 Å². The van der Waals surface area contributed by atoms with Gasteiger partial charge in [0.15, 0.2) is 0 Å². The fraction of sp³-hybridized carbons (Fsp3) is 0.286. The molecule has 0 aliphatic carbocycles. The van der Waals surface area contributed by atoms with Crippen molar-refractivity contribution in [2.75, 3.05) is 13.7 Å². The van der Waals surface area contributed by atoms with E-state index in [9.17, 15) is 9.59 Å². The summed E-state index contributed by atoms with van der Waals surface area (Å²) in [6, 6.07) is 7.73. The number of benzene rings is 1. The average Bonchev–Trinajstić information content (AvgIpc) is 2.46. The molecule has 7 nitrogen and oxygen atoms in total. The molecule has 0 saturated heterocycles. The van der Waals surface area contributed by atoms with Crippen LogP contribution in [0.2, 0.25) is 0 Å². The lowest BCUT2D eigenvalue weighted by atomic mass is 10.0. The number of ether oxygens (including phenoxy) is 1. The summed E-state index contributed by atoms with van der Waals surface area (Å²) < 4.78 is 5.19. The van der Waals surface area contributed by atoms with Gasteiger partial charge in [0.1, 0.15) is 5.75 Å². The maximum Gasteiger partial charge on any atom is 0.328 e. The molecule has 0 aromatic heterocycles. The van der Waals surface area contributed by atoms with Gasteiger partial charge < -0.3 is 26.4 Å². The molecule has 1 rings (SSSR count). The van der Waals surface area contributed by atoms with Crippen LogP contribution in [0.1, 0.15) is 18.0 Å². The molecule has 1 unspecified atom stereocenters. The summed E-state index contributed by atoms with van der Waals surface area (Å²) in [4.78, 5) is 19.1. The molecule has 1 aromatic rings. The van der Waals surface area contributed by atoms with Crippen molar-refractivity contribution in [1.29, 1.82) is 0 Å². The van der Waals surface area contributed by atoms with E-state index >= 15 is 0 Å². The Balaban J connectivity index is 0.000000433. The van der Waals surface area contributed by atoms with E-state index in [4.69, 9.17) is 26.4 Å². The van der Waals surface area contributed by atoms with Gasteiger partial charge >= 0.3 is 11.9 Å². The molecule has 0 amide bonds. The molecule has 0 heterocycles. The number of para-hydroxylation sites is 1. The Morgan fingerprint density at radius 2 is 1.76 bits per heavy atom. The number of carboxylic acid groups (broad SMARTS) is 2. The lowest BCUT2D eigenvalue weighted by Gasteiger charge is -2.14. The number of aliphatic carboxylic acids is 2. The third-order valence-electron chi connectivity index (χ3n) is 2.38. The molecule has 21 heavy (non-hydrogen) atoms. The van der Waals surface area contributed by atoms with E-state index in [1.54, 1.807) is 7.11 Å². The number of carboxylic acids is 2. The van der Waals surface area contributed by atoms with Crippen LogP contribution in [-0.2, 0) is 9.59 Å². The summed E-state index contributed by atoms with van der Waals surface area (Å²) in [5, 5.41) is 15.6. The van der Waals surface area contributed by atoms with E-state index in [0.29, 0.717) is 18.7 Å². The van der Waals surface area contributed by atoms with Crippen molar-refractivity contribution in [3.63, 3.8) is 0 Å². The quantitative estimate of drug-likeness (QED) is 0.569. The van der Waals surface area contributed by atoms with Gasteiger partial charge in [-0.3, -0.25) is 0 Å². The second kappa shape index (κ2) is 10.4. The van der Waals surface area contributed by atoms with E-state index in [-0.39, 0.29) is 6.04 Å². The molecule has 0 fully saturated rings. The molecule has 0 spiro atoms. The molecule has 0 radical (unpaired) electrons. The summed E-state index contributed by atoms with van der Waals surface area (Å²) in [6.07, 6.45) is 1.89. The maximum absolute atomic E-state index is 9.55. The van der Waals surface area contributed by atoms with Crippen molar-refractivity contribution in [3.8, 4) is 5.75 Å². The van der Waals surface area contributed by atoms with Gasteiger partial charge in [0.2, 0.25) is 0 Å². The Kier molecular flexibility index (Phi) is 9.23. The first kappa shape index (κ1) is 18.6. The van der Waals surface area contributed by atoms with E-state index < -0.39 is 11.9 Å². The minimum absolute atomic E-state index is 0.0267. The molecular formula is C14H20N2O5. The van der Waals surface area contributed by atoms with Crippen LogP contribution in [0.5, 0.6) is 5.75 Å². The molecule has 1 atom stereocenters. The molecule has 0 saturated carbocycles. The highest BCUT2D eigenvalue weighted by atomic mass is 16.5. The highest BCUT2D eigenvalue weighted by Crippen LogP contribution is 2.24. The standard InChI is InChI=1S/C10H16N2O.C4H4O4/c1-13-10-5-3-2-4-8(10)9(12)6-7-11;5-3(6)1-2-4(7)8/h2-5,9H,6-7,11-12H2,1H3;1-2H,(H,5,6)(H,7,8). The second-order valence-corrected chi connectivity index (χ2v) is 3.94. The van der Waals surface area contributed by atoms with Crippen molar-refractivity contribution < 1.29 is 24.5 Å². The van der Waals surface area contributed by atoms with Gasteiger partial charge in [-0.05, 0) is 19.0 Å². The van der Waals surface area contributed by atoms with Gasteiger partial charge in [0, 0.05) is 23.8 Å². The number of rotatable bonds is 6. The number of hydrogen-bond acceptors (Lipinski definition) is 5. The Morgan fingerprint density at radius 3 is 2.19 bits per heavy atom. The third-order valence-corrected chi connectivity index (χ3v) is 2.38.